The molecule has 3 heteroatoms. The summed E-state index contributed by atoms with van der Waals surface area (Å²) in [6, 6.07) is 11.6. The van der Waals surface area contributed by atoms with Crippen LogP contribution in [0.2, 0.25) is 0 Å². The molecule has 0 aliphatic heterocycles. The number of rotatable bonds is 3. The maximum Gasteiger partial charge on any atom is 0.118 e. The highest BCUT2D eigenvalue weighted by Crippen LogP contribution is 2.21. The molecule has 0 bridgehead atoms. The topological polar surface area (TPSA) is 48.1 Å². The van der Waals surface area contributed by atoms with Gasteiger partial charge in [-0.05, 0) is 42.3 Å². The van der Waals surface area contributed by atoms with Crippen LogP contribution in [0.25, 0.3) is 0 Å². The van der Waals surface area contributed by atoms with Gasteiger partial charge in [0.1, 0.15) is 5.75 Å². The zero-order valence-electron chi connectivity index (χ0n) is 10.1. The minimum Gasteiger partial charge on any atom is -0.497 e. The average Bonchev–Trinajstić information content (AvgIpc) is 2.38. The van der Waals surface area contributed by atoms with E-state index in [1.54, 1.807) is 13.3 Å². The van der Waals surface area contributed by atoms with E-state index in [0.717, 1.165) is 22.6 Å². The molecule has 0 saturated carbocycles. The van der Waals surface area contributed by atoms with Crippen molar-refractivity contribution < 1.29 is 4.74 Å². The molecule has 1 atom stereocenters. The number of hydrogen-bond acceptors (Lipinski definition) is 3. The molecule has 17 heavy (non-hydrogen) atoms. The van der Waals surface area contributed by atoms with Gasteiger partial charge in [-0.3, -0.25) is 4.98 Å². The van der Waals surface area contributed by atoms with E-state index in [2.05, 4.69) is 4.98 Å². The molecule has 0 aliphatic carbocycles. The molecule has 1 aromatic heterocycles. The van der Waals surface area contributed by atoms with Gasteiger partial charge in [0.05, 0.1) is 13.2 Å². The van der Waals surface area contributed by atoms with Crippen LogP contribution >= 0.6 is 0 Å². The van der Waals surface area contributed by atoms with Crippen LogP contribution in [0.15, 0.2) is 42.6 Å². The number of hydrogen-bond donors (Lipinski definition) is 1. The maximum atomic E-state index is 6.21. The van der Waals surface area contributed by atoms with Crippen molar-refractivity contribution in [3.8, 4) is 5.75 Å². The monoisotopic (exact) mass is 228 g/mol. The highest BCUT2D eigenvalue weighted by molar-refractivity contribution is 5.35. The molecule has 0 amide bonds. The second-order valence-electron chi connectivity index (χ2n) is 3.98. The first kappa shape index (κ1) is 11.6. The Morgan fingerprint density at radius 3 is 2.41 bits per heavy atom. The predicted octanol–water partition coefficient (Wildman–Crippen LogP) is 2.45. The molecule has 2 rings (SSSR count). The number of aryl methyl sites for hydroxylation is 1. The summed E-state index contributed by atoms with van der Waals surface area (Å²) in [4.78, 5) is 4.17. The summed E-state index contributed by atoms with van der Waals surface area (Å²) < 4.78 is 5.12. The first-order valence-electron chi connectivity index (χ1n) is 5.53. The van der Waals surface area contributed by atoms with Crippen molar-refractivity contribution in [1.82, 2.24) is 4.98 Å². The van der Waals surface area contributed by atoms with E-state index >= 15 is 0 Å². The average molecular weight is 228 g/mol. The molecule has 0 fully saturated rings. The Bertz CT molecular complexity index is 494. The molecule has 88 valence electrons. The molecule has 1 aromatic carbocycles. The summed E-state index contributed by atoms with van der Waals surface area (Å²) in [7, 11) is 1.65. The fourth-order valence-electron chi connectivity index (χ4n) is 1.76. The number of nitrogens with two attached hydrogens (primary N) is 1. The molecule has 1 unspecified atom stereocenters. The molecule has 0 aliphatic rings. The fourth-order valence-corrected chi connectivity index (χ4v) is 1.76. The zero-order valence-corrected chi connectivity index (χ0v) is 10.1. The Kier molecular flexibility index (Phi) is 3.40. The molecule has 0 radical (unpaired) electrons. The highest BCUT2D eigenvalue weighted by Gasteiger charge is 2.09. The van der Waals surface area contributed by atoms with Gasteiger partial charge in [0, 0.05) is 11.9 Å². The van der Waals surface area contributed by atoms with Gasteiger partial charge in [-0.25, -0.2) is 0 Å². The summed E-state index contributed by atoms with van der Waals surface area (Å²) in [5.41, 5.74) is 9.32. The van der Waals surface area contributed by atoms with Gasteiger partial charge in [0.15, 0.2) is 0 Å². The van der Waals surface area contributed by atoms with E-state index < -0.39 is 0 Å². The van der Waals surface area contributed by atoms with Crippen molar-refractivity contribution in [2.75, 3.05) is 7.11 Å². The zero-order chi connectivity index (χ0) is 12.3. The first-order valence-corrected chi connectivity index (χ1v) is 5.53. The molecular formula is C14H16N2O. The molecule has 3 nitrogen and oxygen atoms in total. The Balaban J connectivity index is 2.27. The summed E-state index contributed by atoms with van der Waals surface area (Å²) >= 11 is 0. The number of methoxy groups -OCH3 is 1. The van der Waals surface area contributed by atoms with Crippen LogP contribution in [0.3, 0.4) is 0 Å². The van der Waals surface area contributed by atoms with E-state index in [9.17, 15) is 0 Å². The Labute approximate surface area is 101 Å². The van der Waals surface area contributed by atoms with Crippen LogP contribution in [-0.4, -0.2) is 12.1 Å². The molecule has 0 spiro atoms. The van der Waals surface area contributed by atoms with Crippen molar-refractivity contribution >= 4 is 0 Å². The standard InChI is InChI=1S/C14H16N2O/c1-10-9-12(7-8-16-10)14(15)11-3-5-13(17-2)6-4-11/h3-9,14H,15H2,1-2H3. The number of aromatic nitrogens is 1. The summed E-state index contributed by atoms with van der Waals surface area (Å²) in [5.74, 6) is 0.840. The third-order valence-electron chi connectivity index (χ3n) is 2.75. The third-order valence-corrected chi connectivity index (χ3v) is 2.75. The summed E-state index contributed by atoms with van der Waals surface area (Å²) in [6.07, 6.45) is 1.79. The van der Waals surface area contributed by atoms with Crippen LogP contribution in [-0.2, 0) is 0 Å². The van der Waals surface area contributed by atoms with Crippen LogP contribution in [0.4, 0.5) is 0 Å². The van der Waals surface area contributed by atoms with Crippen molar-refractivity contribution in [2.45, 2.75) is 13.0 Å². The molecule has 1 heterocycles. The quantitative estimate of drug-likeness (QED) is 0.877. The first-order chi connectivity index (χ1) is 8.20. The largest absolute Gasteiger partial charge is 0.497 e. The highest BCUT2D eigenvalue weighted by atomic mass is 16.5. The SMILES string of the molecule is COc1ccc(C(N)c2ccnc(C)c2)cc1. The molecule has 2 aromatic rings. The van der Waals surface area contributed by atoms with Crippen molar-refractivity contribution in [3.05, 3.63) is 59.4 Å². The van der Waals surface area contributed by atoms with Crippen molar-refractivity contribution in [3.63, 3.8) is 0 Å². The number of ether oxygens (including phenoxy) is 1. The lowest BCUT2D eigenvalue weighted by atomic mass is 10.00. The number of benzene rings is 1. The second-order valence-corrected chi connectivity index (χ2v) is 3.98. The van der Waals surface area contributed by atoms with Gasteiger partial charge in [0.2, 0.25) is 0 Å². The van der Waals surface area contributed by atoms with Gasteiger partial charge in [-0.1, -0.05) is 12.1 Å². The number of nitrogens with zero attached hydrogens (tertiary/aromatic N) is 1. The maximum absolute atomic E-state index is 6.21. The van der Waals surface area contributed by atoms with E-state index in [1.165, 1.54) is 0 Å². The Hall–Kier alpha value is -1.87. The number of pyridine rings is 1. The van der Waals surface area contributed by atoms with E-state index in [4.69, 9.17) is 10.5 Å². The normalized spacial score (nSPS) is 12.2. The van der Waals surface area contributed by atoms with Crippen molar-refractivity contribution in [1.29, 1.82) is 0 Å². The van der Waals surface area contributed by atoms with E-state index in [1.807, 2.05) is 43.3 Å². The van der Waals surface area contributed by atoms with Crippen molar-refractivity contribution in [2.24, 2.45) is 5.73 Å². The van der Waals surface area contributed by atoms with Crippen LogP contribution in [0.5, 0.6) is 5.75 Å². The van der Waals surface area contributed by atoms with E-state index in [0.29, 0.717) is 0 Å². The third kappa shape index (κ3) is 2.63. The minimum atomic E-state index is -0.123. The van der Waals surface area contributed by atoms with Crippen LogP contribution in [0.1, 0.15) is 22.9 Å². The summed E-state index contributed by atoms with van der Waals surface area (Å²) in [5, 5.41) is 0. The predicted molar refractivity (Wildman–Crippen MR) is 68.0 cm³/mol. The van der Waals surface area contributed by atoms with E-state index in [-0.39, 0.29) is 6.04 Å². The van der Waals surface area contributed by atoms with Gasteiger partial charge in [-0.15, -0.1) is 0 Å². The lowest BCUT2D eigenvalue weighted by molar-refractivity contribution is 0.414. The lowest BCUT2D eigenvalue weighted by Crippen LogP contribution is -2.12. The Morgan fingerprint density at radius 2 is 1.82 bits per heavy atom. The molecular weight excluding hydrogens is 212 g/mol. The van der Waals surface area contributed by atoms with Gasteiger partial charge < -0.3 is 10.5 Å². The summed E-state index contributed by atoms with van der Waals surface area (Å²) in [6.45, 7) is 1.96. The van der Waals surface area contributed by atoms with Gasteiger partial charge in [-0.2, -0.15) is 0 Å². The smallest absolute Gasteiger partial charge is 0.118 e. The second kappa shape index (κ2) is 4.97. The Morgan fingerprint density at radius 1 is 1.12 bits per heavy atom. The van der Waals surface area contributed by atoms with Gasteiger partial charge in [0.25, 0.3) is 0 Å². The van der Waals surface area contributed by atoms with Crippen LogP contribution in [0, 0.1) is 6.92 Å². The fraction of sp³-hybridized carbons (Fsp3) is 0.214. The molecule has 2 N–H and O–H groups in total. The van der Waals surface area contributed by atoms with Gasteiger partial charge >= 0.3 is 0 Å². The van der Waals surface area contributed by atoms with Crippen LogP contribution < -0.4 is 10.5 Å². The lowest BCUT2D eigenvalue weighted by Gasteiger charge is -2.13. The molecule has 0 saturated heterocycles. The minimum absolute atomic E-state index is 0.123.